The smallest absolute Gasteiger partial charge is 0.353 e. The standard InChI is InChI=1S/C17H22N6O4S/c1-4-11-18-16-15(23(24)25)17(20-12-19-16)21-13-7-9-14(10-8-13)28(26,27)22(5-2)6-3/h4,7-10,12H,1,5-6,11H2,2-3H3,(H2,18,19,20,21). The van der Waals surface area contributed by atoms with Gasteiger partial charge in [-0.3, -0.25) is 10.1 Å². The van der Waals surface area contributed by atoms with Gasteiger partial charge in [-0.15, -0.1) is 6.58 Å². The SMILES string of the molecule is C=CCNc1ncnc(Nc2ccc(S(=O)(=O)N(CC)CC)cc2)c1[N+](=O)[O-]. The molecule has 28 heavy (non-hydrogen) atoms. The van der Waals surface area contributed by atoms with E-state index in [1.165, 1.54) is 34.9 Å². The summed E-state index contributed by atoms with van der Waals surface area (Å²) in [7, 11) is -3.58. The highest BCUT2D eigenvalue weighted by Crippen LogP contribution is 2.31. The first-order valence-electron chi connectivity index (χ1n) is 8.56. The van der Waals surface area contributed by atoms with Crippen LogP contribution in [0.3, 0.4) is 0 Å². The Labute approximate surface area is 163 Å². The lowest BCUT2D eigenvalue weighted by atomic mass is 10.3. The summed E-state index contributed by atoms with van der Waals surface area (Å²) in [4.78, 5) is 18.8. The average molecular weight is 406 g/mol. The van der Waals surface area contributed by atoms with Gasteiger partial charge >= 0.3 is 5.69 Å². The summed E-state index contributed by atoms with van der Waals surface area (Å²) in [6.07, 6.45) is 2.74. The first-order chi connectivity index (χ1) is 13.3. The van der Waals surface area contributed by atoms with Gasteiger partial charge in [-0.2, -0.15) is 4.31 Å². The van der Waals surface area contributed by atoms with Crippen molar-refractivity contribution in [3.8, 4) is 0 Å². The van der Waals surface area contributed by atoms with E-state index >= 15 is 0 Å². The summed E-state index contributed by atoms with van der Waals surface area (Å²) in [6.45, 7) is 8.12. The topological polar surface area (TPSA) is 130 Å². The zero-order valence-corrected chi connectivity index (χ0v) is 16.4. The molecule has 0 aliphatic rings. The Bertz CT molecular complexity index is 943. The van der Waals surface area contributed by atoms with E-state index in [0.29, 0.717) is 25.3 Å². The third kappa shape index (κ3) is 4.61. The number of sulfonamides is 1. The molecule has 10 nitrogen and oxygen atoms in total. The lowest BCUT2D eigenvalue weighted by molar-refractivity contribution is -0.383. The van der Waals surface area contributed by atoms with Crippen LogP contribution in [0.2, 0.25) is 0 Å². The molecule has 0 fully saturated rings. The maximum absolute atomic E-state index is 12.5. The highest BCUT2D eigenvalue weighted by molar-refractivity contribution is 7.89. The number of rotatable bonds is 10. The molecule has 0 saturated carbocycles. The number of benzene rings is 1. The lowest BCUT2D eigenvalue weighted by Crippen LogP contribution is -2.30. The molecule has 1 heterocycles. The number of nitrogens with zero attached hydrogens (tertiary/aromatic N) is 4. The lowest BCUT2D eigenvalue weighted by Gasteiger charge is -2.18. The minimum absolute atomic E-state index is 0.00841. The van der Waals surface area contributed by atoms with Gasteiger partial charge in [0.25, 0.3) is 0 Å². The number of nitro groups is 1. The molecular weight excluding hydrogens is 384 g/mol. The Morgan fingerprint density at radius 2 is 1.79 bits per heavy atom. The Morgan fingerprint density at radius 3 is 2.32 bits per heavy atom. The fourth-order valence-corrected chi connectivity index (χ4v) is 3.96. The van der Waals surface area contributed by atoms with E-state index in [2.05, 4.69) is 27.2 Å². The van der Waals surface area contributed by atoms with Crippen LogP contribution in [-0.2, 0) is 10.0 Å². The van der Waals surface area contributed by atoms with Crippen molar-refractivity contribution in [2.24, 2.45) is 0 Å². The van der Waals surface area contributed by atoms with E-state index in [4.69, 9.17) is 0 Å². The van der Waals surface area contributed by atoms with Gasteiger partial charge in [0.2, 0.25) is 21.7 Å². The third-order valence-corrected chi connectivity index (χ3v) is 5.94. The summed E-state index contributed by atoms with van der Waals surface area (Å²) in [5, 5.41) is 17.1. The van der Waals surface area contributed by atoms with Crippen molar-refractivity contribution in [1.29, 1.82) is 0 Å². The molecule has 2 aromatic rings. The van der Waals surface area contributed by atoms with Crippen LogP contribution >= 0.6 is 0 Å². The summed E-state index contributed by atoms with van der Waals surface area (Å²) in [5.41, 5.74) is 0.138. The van der Waals surface area contributed by atoms with E-state index in [1.54, 1.807) is 19.9 Å². The predicted octanol–water partition coefficient (Wildman–Crippen LogP) is 2.76. The van der Waals surface area contributed by atoms with Gasteiger partial charge in [-0.25, -0.2) is 18.4 Å². The molecule has 0 unspecified atom stereocenters. The number of nitrogens with one attached hydrogen (secondary N) is 2. The van der Waals surface area contributed by atoms with Crippen LogP contribution in [-0.4, -0.2) is 47.2 Å². The monoisotopic (exact) mass is 406 g/mol. The Balaban J connectivity index is 2.32. The van der Waals surface area contributed by atoms with Crippen LogP contribution in [0, 0.1) is 10.1 Å². The molecule has 0 saturated heterocycles. The molecule has 0 aliphatic heterocycles. The maximum atomic E-state index is 12.5. The van der Waals surface area contributed by atoms with Crippen LogP contribution in [0.25, 0.3) is 0 Å². The van der Waals surface area contributed by atoms with Crippen LogP contribution in [0.5, 0.6) is 0 Å². The molecule has 1 aromatic heterocycles. The van der Waals surface area contributed by atoms with Crippen LogP contribution in [0.4, 0.5) is 23.0 Å². The Morgan fingerprint density at radius 1 is 1.18 bits per heavy atom. The van der Waals surface area contributed by atoms with Gasteiger partial charge in [0.15, 0.2) is 0 Å². The van der Waals surface area contributed by atoms with Gasteiger partial charge in [-0.1, -0.05) is 19.9 Å². The number of anilines is 3. The molecule has 1 aromatic carbocycles. The minimum atomic E-state index is -3.58. The quantitative estimate of drug-likeness (QED) is 0.350. The average Bonchev–Trinajstić information content (AvgIpc) is 2.67. The molecule has 11 heteroatoms. The molecular formula is C17H22N6O4S. The first kappa shape index (κ1) is 21.3. The van der Waals surface area contributed by atoms with Gasteiger partial charge in [0, 0.05) is 25.3 Å². The normalized spacial score (nSPS) is 11.2. The minimum Gasteiger partial charge on any atom is -0.361 e. The summed E-state index contributed by atoms with van der Waals surface area (Å²) in [5.74, 6) is 0.0500. The first-order valence-corrected chi connectivity index (χ1v) is 10.0. The third-order valence-electron chi connectivity index (χ3n) is 3.88. The number of hydrogen-bond acceptors (Lipinski definition) is 8. The van der Waals surface area contributed by atoms with Crippen LogP contribution in [0.1, 0.15) is 13.8 Å². The van der Waals surface area contributed by atoms with Gasteiger partial charge in [-0.05, 0) is 24.3 Å². The van der Waals surface area contributed by atoms with Crippen molar-refractivity contribution in [2.75, 3.05) is 30.3 Å². The molecule has 150 valence electrons. The molecule has 2 rings (SSSR count). The zero-order chi connectivity index (χ0) is 20.7. The fraction of sp³-hybridized carbons (Fsp3) is 0.294. The number of hydrogen-bond donors (Lipinski definition) is 2. The molecule has 0 aliphatic carbocycles. The van der Waals surface area contributed by atoms with E-state index in [-0.39, 0.29) is 22.2 Å². The van der Waals surface area contributed by atoms with Crippen molar-refractivity contribution in [2.45, 2.75) is 18.7 Å². The van der Waals surface area contributed by atoms with Gasteiger partial charge in [0.1, 0.15) is 6.33 Å². The Hall–Kier alpha value is -3.05. The van der Waals surface area contributed by atoms with Crippen LogP contribution < -0.4 is 10.6 Å². The van der Waals surface area contributed by atoms with E-state index in [0.717, 1.165) is 0 Å². The molecule has 0 atom stereocenters. The molecule has 0 amide bonds. The predicted molar refractivity (Wildman–Crippen MR) is 107 cm³/mol. The number of aromatic nitrogens is 2. The largest absolute Gasteiger partial charge is 0.361 e. The van der Waals surface area contributed by atoms with Crippen molar-refractivity contribution >= 4 is 33.0 Å². The van der Waals surface area contributed by atoms with Gasteiger partial charge in [0.05, 0.1) is 9.82 Å². The molecule has 0 radical (unpaired) electrons. The second kappa shape index (κ2) is 9.24. The highest BCUT2D eigenvalue weighted by Gasteiger charge is 2.24. The van der Waals surface area contributed by atoms with Gasteiger partial charge < -0.3 is 10.6 Å². The van der Waals surface area contributed by atoms with Crippen LogP contribution in [0.15, 0.2) is 48.1 Å². The summed E-state index contributed by atoms with van der Waals surface area (Å²) >= 11 is 0. The highest BCUT2D eigenvalue weighted by atomic mass is 32.2. The van der Waals surface area contributed by atoms with E-state index < -0.39 is 14.9 Å². The maximum Gasteiger partial charge on any atom is 0.353 e. The fourth-order valence-electron chi connectivity index (χ4n) is 2.50. The molecule has 0 bridgehead atoms. The van der Waals surface area contributed by atoms with Crippen molar-refractivity contribution in [3.05, 3.63) is 53.4 Å². The summed E-state index contributed by atoms with van der Waals surface area (Å²) in [6, 6.07) is 5.94. The molecule has 0 spiro atoms. The zero-order valence-electron chi connectivity index (χ0n) is 15.6. The van der Waals surface area contributed by atoms with Crippen molar-refractivity contribution in [1.82, 2.24) is 14.3 Å². The molecule has 2 N–H and O–H groups in total. The Kier molecular flexibility index (Phi) is 7.01. The second-order valence-electron chi connectivity index (χ2n) is 5.58. The second-order valence-corrected chi connectivity index (χ2v) is 7.52. The summed E-state index contributed by atoms with van der Waals surface area (Å²) < 4.78 is 26.4. The van der Waals surface area contributed by atoms with Crippen molar-refractivity contribution < 1.29 is 13.3 Å². The van der Waals surface area contributed by atoms with E-state index in [1.807, 2.05) is 0 Å². The van der Waals surface area contributed by atoms with E-state index in [9.17, 15) is 18.5 Å². The van der Waals surface area contributed by atoms with Crippen molar-refractivity contribution in [3.63, 3.8) is 0 Å².